The molecule has 0 fully saturated rings. The molecular formula is C18H24Y3-2. The van der Waals surface area contributed by atoms with E-state index in [-0.39, 0.29) is 99.6 Å². The molecular weight excluding hydrogens is 483 g/mol. The van der Waals surface area contributed by atoms with Crippen molar-refractivity contribution in [3.8, 4) is 11.1 Å². The summed E-state index contributed by atoms with van der Waals surface area (Å²) in [6.07, 6.45) is 0. The van der Waals surface area contributed by atoms with Crippen molar-refractivity contribution in [1.29, 1.82) is 0 Å². The molecule has 3 rings (SSSR count). The average Bonchev–Trinajstić information content (AvgIpc) is 2.78. The number of hydrogen-bond donors (Lipinski definition) is 0. The Kier molecular flexibility index (Phi) is 20.1. The van der Waals surface area contributed by atoms with Gasteiger partial charge in [-0.15, -0.1) is 11.1 Å². The Morgan fingerprint density at radius 2 is 1.10 bits per heavy atom. The summed E-state index contributed by atoms with van der Waals surface area (Å²) in [5.74, 6) is 0.495. The fourth-order valence-electron chi connectivity index (χ4n) is 2.26. The van der Waals surface area contributed by atoms with Crippen LogP contribution in [0, 0.1) is 12.1 Å². The summed E-state index contributed by atoms with van der Waals surface area (Å²) < 4.78 is 0. The van der Waals surface area contributed by atoms with Crippen LogP contribution in [0.25, 0.3) is 11.1 Å². The fourth-order valence-corrected chi connectivity index (χ4v) is 2.26. The van der Waals surface area contributed by atoms with Gasteiger partial charge in [-0.05, 0) is 0 Å². The summed E-state index contributed by atoms with van der Waals surface area (Å²) in [6.45, 7) is 10.2. The van der Waals surface area contributed by atoms with Gasteiger partial charge in [0.05, 0.1) is 0 Å². The summed E-state index contributed by atoms with van der Waals surface area (Å²) in [5, 5.41) is 0. The third kappa shape index (κ3) is 6.64. The van der Waals surface area contributed by atoms with Crippen LogP contribution >= 0.6 is 0 Å². The van der Waals surface area contributed by atoms with Gasteiger partial charge in [-0.1, -0.05) is 40.5 Å². The predicted molar refractivity (Wildman–Crippen MR) is 81.9 cm³/mol. The molecule has 0 saturated carbocycles. The molecule has 0 unspecified atom stereocenters. The first-order valence-electron chi connectivity index (χ1n) is 6.88. The van der Waals surface area contributed by atoms with E-state index < -0.39 is 0 Å². The third-order valence-electron chi connectivity index (χ3n) is 3.02. The maximum absolute atomic E-state index is 3.15. The molecule has 0 amide bonds. The van der Waals surface area contributed by atoms with Crippen LogP contribution in [0.5, 0.6) is 0 Å². The van der Waals surface area contributed by atoms with Crippen LogP contribution in [0.4, 0.5) is 0 Å². The second-order valence-electron chi connectivity index (χ2n) is 3.75. The van der Waals surface area contributed by atoms with Gasteiger partial charge < -0.3 is 0 Å². The summed E-state index contributed by atoms with van der Waals surface area (Å²) in [7, 11) is 0. The molecule has 0 N–H and O–H groups in total. The van der Waals surface area contributed by atoms with Crippen LogP contribution in [-0.4, -0.2) is 0 Å². The zero-order valence-corrected chi connectivity index (χ0v) is 22.3. The summed E-state index contributed by atoms with van der Waals surface area (Å²) in [4.78, 5) is 0. The average molecular weight is 508 g/mol. The summed E-state index contributed by atoms with van der Waals surface area (Å²) in [6, 6.07) is 18.8. The molecule has 0 aromatic heterocycles. The topological polar surface area (TPSA) is 0 Å². The van der Waals surface area contributed by atoms with E-state index >= 15 is 0 Å². The van der Waals surface area contributed by atoms with Crippen LogP contribution in [0.15, 0.2) is 36.4 Å². The maximum atomic E-state index is 3.15. The minimum Gasteiger partial charge on any atom is -0.184 e. The van der Waals surface area contributed by atoms with Crippen LogP contribution in [0.3, 0.4) is 0 Å². The molecule has 21 heavy (non-hydrogen) atoms. The van der Waals surface area contributed by atoms with Gasteiger partial charge in [0.1, 0.15) is 0 Å². The van der Waals surface area contributed by atoms with Crippen molar-refractivity contribution >= 4 is 0 Å². The largest absolute Gasteiger partial charge is 0.184 e. The molecule has 2 aromatic carbocycles. The first kappa shape index (κ1) is 27.6. The fraction of sp³-hybridized carbons (Fsp3) is 0.333. The van der Waals surface area contributed by atoms with Crippen molar-refractivity contribution in [2.75, 3.05) is 0 Å². The van der Waals surface area contributed by atoms with Gasteiger partial charge in [0, 0.05) is 99.6 Å². The molecule has 0 aliphatic heterocycles. The molecule has 0 atom stereocenters. The summed E-state index contributed by atoms with van der Waals surface area (Å²) >= 11 is 0. The SMILES string of the molecule is CC.CC.CC1c2c[c-]ccc2-c2cc[c-]cc21.[2HH].[Y].[Y].[Y]. The monoisotopic (exact) mass is 508 g/mol. The molecule has 0 bridgehead atoms. The first-order valence-corrected chi connectivity index (χ1v) is 6.88. The number of benzene rings is 2. The zero-order chi connectivity index (χ0) is 13.5. The molecule has 2 aromatic rings. The molecule has 0 saturated heterocycles. The second kappa shape index (κ2) is 15.3. The van der Waals surface area contributed by atoms with Crippen molar-refractivity contribution in [2.24, 2.45) is 0 Å². The molecule has 0 nitrogen and oxygen atoms in total. The van der Waals surface area contributed by atoms with Gasteiger partial charge in [0.2, 0.25) is 0 Å². The smallest absolute Gasteiger partial charge is 0 e. The molecule has 3 radical (unpaired) electrons. The Bertz CT molecular complexity index is 456. The predicted octanol–water partition coefficient (Wildman–Crippen LogP) is 5.71. The van der Waals surface area contributed by atoms with Gasteiger partial charge in [-0.2, -0.15) is 59.7 Å². The zero-order valence-electron chi connectivity index (χ0n) is 13.8. The van der Waals surface area contributed by atoms with Gasteiger partial charge >= 0.3 is 0 Å². The van der Waals surface area contributed by atoms with E-state index in [0.717, 1.165) is 0 Å². The molecule has 0 heterocycles. The van der Waals surface area contributed by atoms with Crippen molar-refractivity contribution in [2.45, 2.75) is 40.5 Å². The molecule has 3 heteroatoms. The van der Waals surface area contributed by atoms with Gasteiger partial charge in [0.25, 0.3) is 0 Å². The quantitative estimate of drug-likeness (QED) is 0.401. The molecule has 1 aliphatic rings. The van der Waals surface area contributed by atoms with Crippen molar-refractivity contribution in [1.82, 2.24) is 0 Å². The van der Waals surface area contributed by atoms with E-state index in [9.17, 15) is 0 Å². The minimum atomic E-state index is 0. The van der Waals surface area contributed by atoms with Crippen LogP contribution in [0.1, 0.15) is 53.1 Å². The van der Waals surface area contributed by atoms with Crippen molar-refractivity contribution in [3.05, 3.63) is 59.7 Å². The maximum Gasteiger partial charge on any atom is 0 e. The van der Waals surface area contributed by atoms with E-state index in [4.69, 9.17) is 0 Å². The van der Waals surface area contributed by atoms with E-state index in [2.05, 4.69) is 43.3 Å². The molecule has 0 spiro atoms. The Labute approximate surface area is 207 Å². The standard InChI is InChI=1S/C14H10.2C2H6.3Y.H2/c1-10-11-6-2-4-8-13(11)14-9-5-3-7-12(10)14;2*1-2;;;;/h4-10H,1H3;2*1-2H3;;;;1H/q-2;;;;;;/i;;;;;;1+1. The Morgan fingerprint density at radius 1 is 0.762 bits per heavy atom. The Balaban J connectivity index is -0.000000189. The van der Waals surface area contributed by atoms with E-state index in [1.54, 1.807) is 0 Å². The normalized spacial score (nSPS) is 9.76. The van der Waals surface area contributed by atoms with Gasteiger partial charge in [0.15, 0.2) is 0 Å². The molecule has 1 aliphatic carbocycles. The van der Waals surface area contributed by atoms with Crippen molar-refractivity contribution in [3.63, 3.8) is 0 Å². The van der Waals surface area contributed by atoms with Crippen LogP contribution in [0.2, 0.25) is 0 Å². The third-order valence-corrected chi connectivity index (χ3v) is 3.02. The first-order chi connectivity index (χ1) is 8.88. The Hall–Kier alpha value is 1.75. The van der Waals surface area contributed by atoms with Crippen LogP contribution < -0.4 is 0 Å². The number of fused-ring (bicyclic) bond motifs is 3. The van der Waals surface area contributed by atoms with Crippen LogP contribution in [-0.2, 0) is 98.1 Å². The number of hydrogen-bond acceptors (Lipinski definition) is 0. The minimum absolute atomic E-state index is 0. The van der Waals surface area contributed by atoms with Crippen molar-refractivity contribution < 1.29 is 99.6 Å². The van der Waals surface area contributed by atoms with E-state index in [1.807, 2.05) is 39.8 Å². The van der Waals surface area contributed by atoms with Gasteiger partial charge in [-0.3, -0.25) is 0 Å². The number of rotatable bonds is 0. The molecule has 107 valence electrons. The van der Waals surface area contributed by atoms with Gasteiger partial charge in [-0.25, -0.2) is 0 Å². The van der Waals surface area contributed by atoms with E-state index in [1.165, 1.54) is 22.3 Å². The summed E-state index contributed by atoms with van der Waals surface area (Å²) in [5.41, 5.74) is 5.50. The second-order valence-corrected chi connectivity index (χ2v) is 3.75. The van der Waals surface area contributed by atoms with E-state index in [0.29, 0.717) is 5.92 Å². The Morgan fingerprint density at radius 3 is 1.43 bits per heavy atom.